The van der Waals surface area contributed by atoms with Crippen LogP contribution >= 0.6 is 0 Å². The Balaban J connectivity index is 1.86. The van der Waals surface area contributed by atoms with E-state index in [9.17, 15) is 19.5 Å². The molecule has 1 aromatic carbocycles. The molecule has 36 heavy (non-hydrogen) atoms. The topological polar surface area (TPSA) is 81.2 Å². The Morgan fingerprint density at radius 2 is 1.50 bits per heavy atom. The van der Waals surface area contributed by atoms with Crippen molar-refractivity contribution in [2.24, 2.45) is 17.8 Å². The van der Waals surface area contributed by atoms with Crippen molar-refractivity contribution >= 4 is 17.7 Å². The van der Waals surface area contributed by atoms with Crippen LogP contribution in [-0.2, 0) is 20.8 Å². The molecule has 7 nitrogen and oxygen atoms in total. The third-order valence-corrected chi connectivity index (χ3v) is 7.33. The fourth-order valence-electron chi connectivity index (χ4n) is 5.45. The Morgan fingerprint density at radius 1 is 0.889 bits per heavy atom. The summed E-state index contributed by atoms with van der Waals surface area (Å²) in [5.74, 6) is 1.17. The lowest BCUT2D eigenvalue weighted by Crippen LogP contribution is -2.73. The molecule has 1 N–H and O–H groups in total. The molecule has 2 fully saturated rings. The molecule has 3 rings (SSSR count). The average molecular weight is 500 g/mol. The van der Waals surface area contributed by atoms with Crippen LogP contribution in [0.4, 0.5) is 0 Å². The van der Waals surface area contributed by atoms with Gasteiger partial charge in [-0.15, -0.1) is 0 Å². The van der Waals surface area contributed by atoms with Crippen molar-refractivity contribution in [2.75, 3.05) is 19.6 Å². The van der Waals surface area contributed by atoms with Gasteiger partial charge in [-0.3, -0.25) is 14.4 Å². The molecular formula is C29H45N3O4. The predicted octanol–water partition coefficient (Wildman–Crippen LogP) is 4.08. The maximum Gasteiger partial charge on any atom is 0.246 e. The Labute approximate surface area is 216 Å². The number of phenols is 1. The van der Waals surface area contributed by atoms with E-state index in [2.05, 4.69) is 41.5 Å². The summed E-state index contributed by atoms with van der Waals surface area (Å²) >= 11 is 0. The molecule has 200 valence electrons. The molecule has 0 bridgehead atoms. The number of hydrogen-bond acceptors (Lipinski definition) is 4. The minimum atomic E-state index is -0.494. The summed E-state index contributed by atoms with van der Waals surface area (Å²) in [6.45, 7) is 14.0. The monoisotopic (exact) mass is 499 g/mol. The smallest absolute Gasteiger partial charge is 0.246 e. The van der Waals surface area contributed by atoms with Crippen LogP contribution < -0.4 is 0 Å². The number of rotatable bonds is 10. The van der Waals surface area contributed by atoms with Crippen molar-refractivity contribution in [3.05, 3.63) is 29.8 Å². The Morgan fingerprint density at radius 3 is 2.08 bits per heavy atom. The number of nitrogens with zero attached hydrogens (tertiary/aromatic N) is 3. The van der Waals surface area contributed by atoms with Gasteiger partial charge in [0.25, 0.3) is 0 Å². The first-order valence-electron chi connectivity index (χ1n) is 13.7. The molecule has 0 radical (unpaired) electrons. The summed E-state index contributed by atoms with van der Waals surface area (Å²) in [7, 11) is 0. The second-order valence-electron chi connectivity index (χ2n) is 11.9. The SMILES string of the molecule is CC(C)CCC(=O)N1C[C@H]2CN(CCc3ccc(O)cc3)C(=O)[C@H](CC(C)C)N2C(=O)[C@@H]1CC(C)C. The van der Waals surface area contributed by atoms with Crippen LogP contribution in [0.2, 0.25) is 0 Å². The lowest BCUT2D eigenvalue weighted by Gasteiger charge is -2.53. The highest BCUT2D eigenvalue weighted by molar-refractivity contribution is 5.94. The molecule has 7 heteroatoms. The molecule has 3 amide bonds. The zero-order valence-electron chi connectivity index (χ0n) is 22.9. The van der Waals surface area contributed by atoms with Crippen LogP contribution in [0, 0.1) is 17.8 Å². The van der Waals surface area contributed by atoms with Crippen LogP contribution in [-0.4, -0.2) is 75.3 Å². The fraction of sp³-hybridized carbons (Fsp3) is 0.690. The van der Waals surface area contributed by atoms with Gasteiger partial charge in [0, 0.05) is 26.1 Å². The van der Waals surface area contributed by atoms with E-state index in [1.807, 2.05) is 26.8 Å². The van der Waals surface area contributed by atoms with Crippen LogP contribution in [0.25, 0.3) is 0 Å². The van der Waals surface area contributed by atoms with E-state index >= 15 is 0 Å². The van der Waals surface area contributed by atoms with Crippen molar-refractivity contribution in [3.8, 4) is 5.75 Å². The van der Waals surface area contributed by atoms with Gasteiger partial charge < -0.3 is 19.8 Å². The maximum absolute atomic E-state index is 13.9. The minimum Gasteiger partial charge on any atom is -0.508 e. The normalized spacial score (nSPS) is 22.7. The van der Waals surface area contributed by atoms with Crippen LogP contribution in [0.3, 0.4) is 0 Å². The third-order valence-electron chi connectivity index (χ3n) is 7.33. The molecule has 2 saturated heterocycles. The highest BCUT2D eigenvalue weighted by Crippen LogP contribution is 2.31. The van der Waals surface area contributed by atoms with Gasteiger partial charge in [-0.05, 0) is 61.1 Å². The van der Waals surface area contributed by atoms with Crippen molar-refractivity contribution < 1.29 is 19.5 Å². The lowest BCUT2D eigenvalue weighted by atomic mass is 9.89. The van der Waals surface area contributed by atoms with Crippen molar-refractivity contribution in [1.29, 1.82) is 0 Å². The number of aromatic hydroxyl groups is 1. The molecule has 2 aliphatic rings. The van der Waals surface area contributed by atoms with Crippen molar-refractivity contribution in [1.82, 2.24) is 14.7 Å². The number of phenolic OH excluding ortho intramolecular Hbond substituents is 1. The van der Waals surface area contributed by atoms with E-state index in [0.717, 1.165) is 12.0 Å². The minimum absolute atomic E-state index is 0.00922. The van der Waals surface area contributed by atoms with E-state index in [1.165, 1.54) is 0 Å². The zero-order valence-corrected chi connectivity index (χ0v) is 22.9. The number of carbonyl (C=O) groups is 3. The molecule has 2 aliphatic heterocycles. The standard InChI is InChI=1S/C29H45N3O4/c1-19(2)7-12-27(34)31-18-23-17-30(14-13-22-8-10-24(33)11-9-22)28(35)26(16-21(5)6)32(23)29(36)25(31)15-20(3)4/h8-11,19-21,23,25-26,33H,7,12-18H2,1-6H3/t23-,25+,26+/m1/s1. The van der Waals surface area contributed by atoms with Crippen molar-refractivity contribution in [2.45, 2.75) is 91.8 Å². The van der Waals surface area contributed by atoms with Crippen LogP contribution in [0.5, 0.6) is 5.75 Å². The third kappa shape index (κ3) is 6.80. The second kappa shape index (κ2) is 12.1. The summed E-state index contributed by atoms with van der Waals surface area (Å²) in [6, 6.07) is 5.89. The molecule has 0 unspecified atom stereocenters. The first-order valence-corrected chi connectivity index (χ1v) is 13.7. The summed E-state index contributed by atoms with van der Waals surface area (Å²) in [6.07, 6.45) is 3.16. The summed E-state index contributed by atoms with van der Waals surface area (Å²) in [5, 5.41) is 9.57. The summed E-state index contributed by atoms with van der Waals surface area (Å²) in [4.78, 5) is 46.5. The summed E-state index contributed by atoms with van der Waals surface area (Å²) in [5.41, 5.74) is 1.05. The number of carbonyl (C=O) groups excluding carboxylic acids is 3. The van der Waals surface area contributed by atoms with Gasteiger partial charge in [0.05, 0.1) is 6.04 Å². The van der Waals surface area contributed by atoms with E-state index < -0.39 is 12.1 Å². The highest BCUT2D eigenvalue weighted by atomic mass is 16.3. The summed E-state index contributed by atoms with van der Waals surface area (Å²) < 4.78 is 0. The largest absolute Gasteiger partial charge is 0.508 e. The molecule has 1 aromatic rings. The van der Waals surface area contributed by atoms with Gasteiger partial charge in [0.1, 0.15) is 17.8 Å². The predicted molar refractivity (Wildman–Crippen MR) is 141 cm³/mol. The molecule has 0 aromatic heterocycles. The molecule has 2 heterocycles. The first kappa shape index (κ1) is 28.0. The van der Waals surface area contributed by atoms with E-state index in [-0.39, 0.29) is 41.3 Å². The molecule has 0 aliphatic carbocycles. The van der Waals surface area contributed by atoms with Gasteiger partial charge in [0.2, 0.25) is 17.7 Å². The van der Waals surface area contributed by atoms with Gasteiger partial charge in [0.15, 0.2) is 0 Å². The Hall–Kier alpha value is -2.57. The van der Waals surface area contributed by atoms with Gasteiger partial charge in [-0.1, -0.05) is 53.7 Å². The lowest BCUT2D eigenvalue weighted by molar-refractivity contribution is -0.171. The number of benzene rings is 1. The van der Waals surface area contributed by atoms with E-state index in [4.69, 9.17) is 0 Å². The van der Waals surface area contributed by atoms with E-state index in [0.29, 0.717) is 51.2 Å². The average Bonchev–Trinajstić information content (AvgIpc) is 2.80. The quantitative estimate of drug-likeness (QED) is 0.526. The second-order valence-corrected chi connectivity index (χ2v) is 11.9. The zero-order chi connectivity index (χ0) is 26.6. The maximum atomic E-state index is 13.9. The molecule has 0 saturated carbocycles. The van der Waals surface area contributed by atoms with Crippen LogP contribution in [0.1, 0.15) is 72.8 Å². The highest BCUT2D eigenvalue weighted by Gasteiger charge is 2.50. The molecule has 0 spiro atoms. The number of amides is 3. The van der Waals surface area contributed by atoms with Gasteiger partial charge in [-0.25, -0.2) is 0 Å². The van der Waals surface area contributed by atoms with Gasteiger partial charge >= 0.3 is 0 Å². The van der Waals surface area contributed by atoms with Gasteiger partial charge in [-0.2, -0.15) is 0 Å². The first-order chi connectivity index (χ1) is 17.0. The number of hydrogen-bond donors (Lipinski definition) is 1. The number of fused-ring (bicyclic) bond motifs is 1. The van der Waals surface area contributed by atoms with E-state index in [1.54, 1.807) is 12.1 Å². The number of piperazine rings is 2. The fourth-order valence-corrected chi connectivity index (χ4v) is 5.45. The van der Waals surface area contributed by atoms with Crippen LogP contribution in [0.15, 0.2) is 24.3 Å². The Bertz CT molecular complexity index is 912. The Kier molecular flexibility index (Phi) is 9.42. The van der Waals surface area contributed by atoms with Crippen molar-refractivity contribution in [3.63, 3.8) is 0 Å². The molecular weight excluding hydrogens is 454 g/mol. The molecule has 3 atom stereocenters.